The molecule has 21 heavy (non-hydrogen) atoms. The molecule has 2 N–H and O–H groups in total. The molecule has 1 heterocycles. The lowest BCUT2D eigenvalue weighted by atomic mass is 9.80. The quantitative estimate of drug-likeness (QED) is 0.882. The number of hydrogen-bond donors (Lipinski definition) is 2. The maximum atomic E-state index is 10.3. The fourth-order valence-electron chi connectivity index (χ4n) is 3.21. The van der Waals surface area contributed by atoms with Gasteiger partial charge in [0.25, 0.3) is 0 Å². The molecule has 1 fully saturated rings. The Balaban J connectivity index is 2.11. The highest BCUT2D eigenvalue weighted by molar-refractivity contribution is 5.54. The highest BCUT2D eigenvalue weighted by Gasteiger charge is 2.32. The molecule has 2 rings (SSSR count). The van der Waals surface area contributed by atoms with Crippen molar-refractivity contribution in [3.63, 3.8) is 0 Å². The van der Waals surface area contributed by atoms with Gasteiger partial charge in [0.2, 0.25) is 0 Å². The molecular weight excluding hydrogens is 260 g/mol. The zero-order valence-corrected chi connectivity index (χ0v) is 14.1. The minimum Gasteiger partial charge on any atom is -0.508 e. The smallest absolute Gasteiger partial charge is 0.122 e. The monoisotopic (exact) mass is 290 g/mol. The van der Waals surface area contributed by atoms with Gasteiger partial charge in [-0.15, -0.1) is 0 Å². The summed E-state index contributed by atoms with van der Waals surface area (Å²) < 4.78 is 0. The van der Waals surface area contributed by atoms with Crippen LogP contribution in [-0.2, 0) is 0 Å². The maximum absolute atomic E-state index is 10.3. The Kier molecular flexibility index (Phi) is 4.82. The molecule has 0 aliphatic carbocycles. The first-order valence-corrected chi connectivity index (χ1v) is 8.14. The lowest BCUT2D eigenvalue weighted by Crippen LogP contribution is -2.25. The van der Waals surface area contributed by atoms with E-state index in [0.717, 1.165) is 36.8 Å². The zero-order valence-electron chi connectivity index (χ0n) is 14.1. The number of phenols is 1. The largest absolute Gasteiger partial charge is 0.508 e. The van der Waals surface area contributed by atoms with Gasteiger partial charge in [-0.3, -0.25) is 0 Å². The third kappa shape index (κ3) is 3.70. The molecule has 3 heteroatoms. The van der Waals surface area contributed by atoms with Gasteiger partial charge >= 0.3 is 0 Å². The van der Waals surface area contributed by atoms with E-state index in [1.807, 2.05) is 6.07 Å². The standard InChI is InChI=1S/C18H30N2O/c1-6-19-13(2)16-8-7-15(11-17(16)21)20-10-9-14(12-20)18(3,4)5/h7-8,11,13-14,19,21H,6,9-10,12H2,1-5H3. The highest BCUT2D eigenvalue weighted by atomic mass is 16.3. The van der Waals surface area contributed by atoms with Crippen molar-refractivity contribution in [1.29, 1.82) is 0 Å². The van der Waals surface area contributed by atoms with Crippen molar-refractivity contribution in [2.24, 2.45) is 11.3 Å². The summed E-state index contributed by atoms with van der Waals surface area (Å²) in [5.41, 5.74) is 2.48. The lowest BCUT2D eigenvalue weighted by Gasteiger charge is -2.27. The van der Waals surface area contributed by atoms with Crippen LogP contribution in [0.4, 0.5) is 5.69 Å². The van der Waals surface area contributed by atoms with Gasteiger partial charge in [0, 0.05) is 36.4 Å². The van der Waals surface area contributed by atoms with Gasteiger partial charge in [0.1, 0.15) is 5.75 Å². The maximum Gasteiger partial charge on any atom is 0.122 e. The summed E-state index contributed by atoms with van der Waals surface area (Å²) >= 11 is 0. The molecule has 118 valence electrons. The molecule has 0 bridgehead atoms. The number of aromatic hydroxyl groups is 1. The van der Waals surface area contributed by atoms with Crippen molar-refractivity contribution in [3.8, 4) is 5.75 Å². The summed E-state index contributed by atoms with van der Waals surface area (Å²) in [4.78, 5) is 2.40. The van der Waals surface area contributed by atoms with Crippen LogP contribution >= 0.6 is 0 Å². The Morgan fingerprint density at radius 1 is 1.38 bits per heavy atom. The van der Waals surface area contributed by atoms with Crippen LogP contribution in [0, 0.1) is 11.3 Å². The Morgan fingerprint density at radius 3 is 2.62 bits per heavy atom. The third-order valence-corrected chi connectivity index (χ3v) is 4.77. The molecule has 0 amide bonds. The van der Waals surface area contributed by atoms with Crippen LogP contribution in [0.2, 0.25) is 0 Å². The van der Waals surface area contributed by atoms with Crippen LogP contribution in [0.5, 0.6) is 5.75 Å². The van der Waals surface area contributed by atoms with Crippen LogP contribution in [0.15, 0.2) is 18.2 Å². The minimum absolute atomic E-state index is 0.185. The second kappa shape index (κ2) is 6.27. The second-order valence-electron chi connectivity index (χ2n) is 7.32. The van der Waals surface area contributed by atoms with E-state index in [-0.39, 0.29) is 6.04 Å². The van der Waals surface area contributed by atoms with Gasteiger partial charge in [0.05, 0.1) is 0 Å². The first-order valence-electron chi connectivity index (χ1n) is 8.14. The molecule has 0 radical (unpaired) electrons. The Labute approximate surface area is 129 Å². The van der Waals surface area contributed by atoms with Crippen molar-refractivity contribution in [3.05, 3.63) is 23.8 Å². The SMILES string of the molecule is CCNC(C)c1ccc(N2CCC(C(C)(C)C)C2)cc1O. The van der Waals surface area contributed by atoms with Crippen LogP contribution in [0.25, 0.3) is 0 Å². The Bertz CT molecular complexity index is 479. The van der Waals surface area contributed by atoms with E-state index in [0.29, 0.717) is 11.2 Å². The van der Waals surface area contributed by atoms with Crippen LogP contribution in [-0.4, -0.2) is 24.7 Å². The van der Waals surface area contributed by atoms with Crippen LogP contribution in [0.3, 0.4) is 0 Å². The van der Waals surface area contributed by atoms with Crippen LogP contribution < -0.4 is 10.2 Å². The van der Waals surface area contributed by atoms with Crippen molar-refractivity contribution in [2.75, 3.05) is 24.5 Å². The fraction of sp³-hybridized carbons (Fsp3) is 0.667. The Morgan fingerprint density at radius 2 is 2.10 bits per heavy atom. The Hall–Kier alpha value is -1.22. The van der Waals surface area contributed by atoms with Crippen molar-refractivity contribution in [2.45, 2.75) is 47.1 Å². The topological polar surface area (TPSA) is 35.5 Å². The molecule has 1 saturated heterocycles. The summed E-state index contributed by atoms with van der Waals surface area (Å²) in [5.74, 6) is 1.13. The average Bonchev–Trinajstić information content (AvgIpc) is 2.88. The van der Waals surface area contributed by atoms with E-state index in [2.05, 4.69) is 57.0 Å². The van der Waals surface area contributed by atoms with Gasteiger partial charge in [-0.2, -0.15) is 0 Å². The van der Waals surface area contributed by atoms with Crippen molar-refractivity contribution in [1.82, 2.24) is 5.32 Å². The summed E-state index contributed by atoms with van der Waals surface area (Å²) in [6.45, 7) is 14.2. The molecule has 0 saturated carbocycles. The highest BCUT2D eigenvalue weighted by Crippen LogP contribution is 2.37. The number of rotatable bonds is 4. The molecule has 3 nitrogen and oxygen atoms in total. The molecule has 2 atom stereocenters. The fourth-order valence-corrected chi connectivity index (χ4v) is 3.21. The zero-order chi connectivity index (χ0) is 15.6. The molecule has 1 aromatic carbocycles. The lowest BCUT2D eigenvalue weighted by molar-refractivity contribution is 0.263. The molecule has 0 aromatic heterocycles. The summed E-state index contributed by atoms with van der Waals surface area (Å²) in [7, 11) is 0. The van der Waals surface area contributed by atoms with Gasteiger partial charge in [-0.25, -0.2) is 0 Å². The number of nitrogens with one attached hydrogen (secondary N) is 1. The average molecular weight is 290 g/mol. The molecule has 2 unspecified atom stereocenters. The predicted octanol–water partition coefficient (Wildman–Crippen LogP) is 3.94. The van der Waals surface area contributed by atoms with E-state index >= 15 is 0 Å². The first kappa shape index (κ1) is 16.2. The van der Waals surface area contributed by atoms with Gasteiger partial charge < -0.3 is 15.3 Å². The molecule has 1 aromatic rings. The number of phenolic OH excluding ortho intramolecular Hbond substituents is 1. The van der Waals surface area contributed by atoms with Gasteiger partial charge in [-0.05, 0) is 37.3 Å². The van der Waals surface area contributed by atoms with Gasteiger partial charge in [-0.1, -0.05) is 33.8 Å². The summed E-state index contributed by atoms with van der Waals surface area (Å²) in [6.07, 6.45) is 1.24. The van der Waals surface area contributed by atoms with Crippen molar-refractivity contribution < 1.29 is 5.11 Å². The van der Waals surface area contributed by atoms with E-state index in [9.17, 15) is 5.11 Å². The summed E-state index contributed by atoms with van der Waals surface area (Å²) in [6, 6.07) is 6.31. The first-order chi connectivity index (χ1) is 9.82. The van der Waals surface area contributed by atoms with Crippen LogP contribution in [0.1, 0.15) is 52.6 Å². The van der Waals surface area contributed by atoms with Crippen molar-refractivity contribution >= 4 is 5.69 Å². The normalized spacial score (nSPS) is 20.8. The number of hydrogen-bond acceptors (Lipinski definition) is 3. The van der Waals surface area contributed by atoms with E-state index in [4.69, 9.17) is 0 Å². The second-order valence-corrected chi connectivity index (χ2v) is 7.32. The predicted molar refractivity (Wildman–Crippen MR) is 90.0 cm³/mol. The van der Waals surface area contributed by atoms with E-state index in [1.165, 1.54) is 6.42 Å². The van der Waals surface area contributed by atoms with E-state index < -0.39 is 0 Å². The molecule has 1 aliphatic heterocycles. The van der Waals surface area contributed by atoms with E-state index in [1.54, 1.807) is 0 Å². The molecular formula is C18H30N2O. The number of benzene rings is 1. The third-order valence-electron chi connectivity index (χ3n) is 4.77. The minimum atomic E-state index is 0.185. The summed E-state index contributed by atoms with van der Waals surface area (Å²) in [5, 5.41) is 13.7. The molecule has 0 spiro atoms. The van der Waals surface area contributed by atoms with Gasteiger partial charge in [0.15, 0.2) is 0 Å². The number of nitrogens with zero attached hydrogens (tertiary/aromatic N) is 1. The number of anilines is 1. The molecule has 1 aliphatic rings.